The lowest BCUT2D eigenvalue weighted by Crippen LogP contribution is -1.77. The fourth-order valence-corrected chi connectivity index (χ4v) is 2.88. The van der Waals surface area contributed by atoms with Crippen LogP contribution in [-0.4, -0.2) is 0 Å². The molecule has 0 heteroatoms. The highest BCUT2D eigenvalue weighted by atomic mass is 14.0. The third-order valence-electron chi connectivity index (χ3n) is 4.14. The summed E-state index contributed by atoms with van der Waals surface area (Å²) in [5.74, 6) is 0. The van der Waals surface area contributed by atoms with Crippen LogP contribution in [0.2, 0.25) is 0 Å². The van der Waals surface area contributed by atoms with E-state index in [1.54, 1.807) is 0 Å². The van der Waals surface area contributed by atoms with Crippen molar-refractivity contribution in [3.05, 3.63) is 106 Å². The van der Waals surface area contributed by atoms with Crippen LogP contribution in [0.5, 0.6) is 0 Å². The van der Waals surface area contributed by atoms with Crippen molar-refractivity contribution in [2.45, 2.75) is 0 Å². The molecule has 0 heterocycles. The Morgan fingerprint density at radius 2 is 0.500 bits per heavy atom. The van der Waals surface area contributed by atoms with Gasteiger partial charge in [-0.2, -0.15) is 0 Å². The summed E-state index contributed by atoms with van der Waals surface area (Å²) < 4.78 is 0. The van der Waals surface area contributed by atoms with Crippen molar-refractivity contribution in [1.29, 1.82) is 0 Å². The summed E-state index contributed by atoms with van der Waals surface area (Å²) in [6.45, 7) is 0. The molecule has 0 fully saturated rings. The molecule has 0 aromatic heterocycles. The number of hydrogen-bond acceptors (Lipinski definition) is 0. The molecule has 0 saturated heterocycles. The minimum Gasteiger partial charge on any atom is -0.0611 e. The summed E-state index contributed by atoms with van der Waals surface area (Å²) in [5, 5.41) is 0. The Morgan fingerprint density at radius 3 is 0.708 bits per heavy atom. The third kappa shape index (κ3) is 3.44. The summed E-state index contributed by atoms with van der Waals surface area (Å²) in [6.07, 6.45) is 13.0. The molecule has 1 aliphatic rings. The van der Waals surface area contributed by atoms with Crippen LogP contribution >= 0.6 is 0 Å². The Labute approximate surface area is 143 Å². The predicted molar refractivity (Wildman–Crippen MR) is 106 cm³/mol. The monoisotopic (exact) mass is 306 g/mol. The molecule has 0 spiro atoms. The maximum absolute atomic E-state index is 2.21. The van der Waals surface area contributed by atoms with Gasteiger partial charge in [-0.1, -0.05) is 91.1 Å². The van der Waals surface area contributed by atoms with Crippen LogP contribution in [0.25, 0.3) is 36.5 Å². The lowest BCUT2D eigenvalue weighted by molar-refractivity contribution is 1.61. The van der Waals surface area contributed by atoms with Crippen molar-refractivity contribution >= 4 is 36.5 Å². The number of benzene rings is 3. The van der Waals surface area contributed by atoms with Crippen LogP contribution in [0.15, 0.2) is 72.8 Å². The van der Waals surface area contributed by atoms with E-state index in [0.717, 1.165) is 0 Å². The van der Waals surface area contributed by atoms with E-state index in [-0.39, 0.29) is 0 Å². The standard InChI is InChI=1S/C24H18/c1-4-19-10-12-21-6-2-8-23(17-21)14-15-24-9-3-7-22(18-24)13-11-20(5-1)16-19/h1-18H/b12-10-,13-11-,15-14-. The van der Waals surface area contributed by atoms with Crippen LogP contribution in [0.1, 0.15) is 33.4 Å². The van der Waals surface area contributed by atoms with Gasteiger partial charge in [-0.05, 0) is 51.6 Å². The van der Waals surface area contributed by atoms with Gasteiger partial charge in [-0.3, -0.25) is 0 Å². The summed E-state index contributed by atoms with van der Waals surface area (Å²) >= 11 is 0. The summed E-state index contributed by atoms with van der Waals surface area (Å²) in [4.78, 5) is 0. The Bertz CT molecular complexity index is 764. The Hall–Kier alpha value is -3.12. The normalized spacial score (nSPS) is 16.5. The van der Waals surface area contributed by atoms with E-state index in [4.69, 9.17) is 0 Å². The lowest BCUT2D eigenvalue weighted by Gasteiger charge is -1.99. The van der Waals surface area contributed by atoms with Gasteiger partial charge in [0.2, 0.25) is 0 Å². The van der Waals surface area contributed by atoms with Crippen molar-refractivity contribution < 1.29 is 0 Å². The van der Waals surface area contributed by atoms with Crippen LogP contribution in [-0.2, 0) is 0 Å². The van der Waals surface area contributed by atoms with Gasteiger partial charge in [-0.25, -0.2) is 0 Å². The van der Waals surface area contributed by atoms with Crippen molar-refractivity contribution in [3.63, 3.8) is 0 Å². The number of hydrogen-bond donors (Lipinski definition) is 0. The van der Waals surface area contributed by atoms with Crippen LogP contribution in [0.4, 0.5) is 0 Å². The molecule has 0 aliphatic heterocycles. The fraction of sp³-hybridized carbons (Fsp3) is 0. The summed E-state index contributed by atoms with van der Waals surface area (Å²) in [5.41, 5.74) is 7.26. The number of rotatable bonds is 0. The highest BCUT2D eigenvalue weighted by Crippen LogP contribution is 2.17. The van der Waals surface area contributed by atoms with Gasteiger partial charge in [0.1, 0.15) is 0 Å². The van der Waals surface area contributed by atoms with Crippen molar-refractivity contribution in [2.24, 2.45) is 0 Å². The van der Waals surface area contributed by atoms with Gasteiger partial charge in [0, 0.05) is 0 Å². The van der Waals surface area contributed by atoms with Crippen LogP contribution < -0.4 is 0 Å². The highest BCUT2D eigenvalue weighted by molar-refractivity contribution is 5.78. The first-order valence-electron chi connectivity index (χ1n) is 8.20. The molecule has 0 radical (unpaired) electrons. The molecule has 3 aromatic carbocycles. The molecule has 0 atom stereocenters. The fourth-order valence-electron chi connectivity index (χ4n) is 2.88. The Kier molecular flexibility index (Phi) is 3.95. The van der Waals surface area contributed by atoms with Crippen LogP contribution in [0.3, 0.4) is 0 Å². The molecule has 0 unspecified atom stereocenters. The second kappa shape index (κ2) is 6.55. The first-order valence-corrected chi connectivity index (χ1v) is 8.20. The molecule has 4 rings (SSSR count). The van der Waals surface area contributed by atoms with E-state index in [0.29, 0.717) is 0 Å². The summed E-state index contributed by atoms with van der Waals surface area (Å²) in [6, 6.07) is 25.7. The van der Waals surface area contributed by atoms with Crippen LogP contribution in [0, 0.1) is 0 Å². The molecule has 24 heavy (non-hydrogen) atoms. The second-order valence-corrected chi connectivity index (χ2v) is 6.01. The van der Waals surface area contributed by atoms with Gasteiger partial charge in [0.25, 0.3) is 0 Å². The maximum Gasteiger partial charge on any atom is -0.0251 e. The Morgan fingerprint density at radius 1 is 0.292 bits per heavy atom. The first-order chi connectivity index (χ1) is 11.8. The number of fused-ring (bicyclic) bond motifs is 6. The van der Waals surface area contributed by atoms with Crippen molar-refractivity contribution in [2.75, 3.05) is 0 Å². The lowest BCUT2D eigenvalue weighted by atomic mass is 10.1. The zero-order valence-corrected chi connectivity index (χ0v) is 13.4. The quantitative estimate of drug-likeness (QED) is 0.347. The van der Waals surface area contributed by atoms with Gasteiger partial charge in [-0.15, -0.1) is 0 Å². The van der Waals surface area contributed by atoms with E-state index < -0.39 is 0 Å². The maximum atomic E-state index is 2.21. The van der Waals surface area contributed by atoms with E-state index in [1.807, 2.05) is 0 Å². The smallest absolute Gasteiger partial charge is 0.0251 e. The molecule has 0 saturated carbocycles. The van der Waals surface area contributed by atoms with E-state index in [9.17, 15) is 0 Å². The van der Waals surface area contributed by atoms with Gasteiger partial charge in [0.05, 0.1) is 0 Å². The van der Waals surface area contributed by atoms with Gasteiger partial charge >= 0.3 is 0 Å². The molecule has 0 N–H and O–H groups in total. The van der Waals surface area contributed by atoms with E-state index in [2.05, 4.69) is 109 Å². The molecule has 1 aliphatic carbocycles. The zero-order valence-electron chi connectivity index (χ0n) is 13.4. The molecule has 6 bridgehead atoms. The van der Waals surface area contributed by atoms with Gasteiger partial charge < -0.3 is 0 Å². The first kappa shape index (κ1) is 14.5. The molecule has 3 aromatic rings. The molecule has 114 valence electrons. The second-order valence-electron chi connectivity index (χ2n) is 6.01. The predicted octanol–water partition coefficient (Wildman–Crippen LogP) is 6.51. The summed E-state index contributed by atoms with van der Waals surface area (Å²) in [7, 11) is 0. The molecular formula is C24H18. The van der Waals surface area contributed by atoms with Crippen molar-refractivity contribution in [1.82, 2.24) is 0 Å². The minimum absolute atomic E-state index is 1.21. The zero-order chi connectivity index (χ0) is 16.2. The minimum atomic E-state index is 1.21. The average Bonchev–Trinajstić information content (AvgIpc) is 2.64. The largest absolute Gasteiger partial charge is 0.0611 e. The average molecular weight is 306 g/mol. The topological polar surface area (TPSA) is 0 Å². The van der Waals surface area contributed by atoms with E-state index >= 15 is 0 Å². The molecular weight excluding hydrogens is 288 g/mol. The SMILES string of the molecule is C1=C\c2cccc(c2)/C=C\c2cccc(c2)/C=C\c2cccc/1c2. The molecule has 0 nitrogen and oxygen atoms in total. The van der Waals surface area contributed by atoms with E-state index in [1.165, 1.54) is 33.4 Å². The highest BCUT2D eigenvalue weighted by Gasteiger charge is 1.95. The van der Waals surface area contributed by atoms with Gasteiger partial charge in [0.15, 0.2) is 0 Å². The molecule has 0 amide bonds. The third-order valence-corrected chi connectivity index (χ3v) is 4.14. The Balaban J connectivity index is 1.86. The van der Waals surface area contributed by atoms with Crippen molar-refractivity contribution in [3.8, 4) is 0 Å².